The van der Waals surface area contributed by atoms with Crippen LogP contribution in [0.2, 0.25) is 0 Å². The fourth-order valence-corrected chi connectivity index (χ4v) is 7.19. The molecule has 6 nitrogen and oxygen atoms in total. The molecule has 348 valence electrons. The molecule has 60 heavy (non-hydrogen) atoms. The molecule has 0 rings (SSSR count). The van der Waals surface area contributed by atoms with Crippen LogP contribution in [0.3, 0.4) is 0 Å². The Balaban J connectivity index is 4.38. The van der Waals surface area contributed by atoms with E-state index in [1.165, 1.54) is 135 Å². The molecule has 0 aliphatic rings. The number of rotatable bonds is 46. The summed E-state index contributed by atoms with van der Waals surface area (Å²) in [7, 11) is 0. The van der Waals surface area contributed by atoms with Gasteiger partial charge in [-0.25, -0.2) is 0 Å². The first kappa shape index (κ1) is 57.4. The lowest BCUT2D eigenvalue weighted by Crippen LogP contribution is -2.30. The molecular formula is C54H96O6. The first-order valence-corrected chi connectivity index (χ1v) is 25.6. The van der Waals surface area contributed by atoms with E-state index in [0.717, 1.165) is 83.5 Å². The zero-order chi connectivity index (χ0) is 43.7. The van der Waals surface area contributed by atoms with E-state index in [-0.39, 0.29) is 31.1 Å². The first-order chi connectivity index (χ1) is 29.5. The van der Waals surface area contributed by atoms with Gasteiger partial charge in [0.2, 0.25) is 0 Å². The second-order valence-electron chi connectivity index (χ2n) is 17.1. The Morgan fingerprint density at radius 3 is 0.967 bits per heavy atom. The molecule has 0 heterocycles. The highest BCUT2D eigenvalue weighted by Gasteiger charge is 2.19. The van der Waals surface area contributed by atoms with Crippen LogP contribution >= 0.6 is 0 Å². The highest BCUT2D eigenvalue weighted by atomic mass is 16.6. The second-order valence-corrected chi connectivity index (χ2v) is 17.1. The highest BCUT2D eigenvalue weighted by Crippen LogP contribution is 2.15. The topological polar surface area (TPSA) is 78.9 Å². The van der Waals surface area contributed by atoms with Crippen molar-refractivity contribution in [1.29, 1.82) is 0 Å². The second kappa shape index (κ2) is 49.0. The number of allylic oxidation sites excluding steroid dienone is 8. The predicted molar refractivity (Wildman–Crippen MR) is 256 cm³/mol. The summed E-state index contributed by atoms with van der Waals surface area (Å²) in [5.41, 5.74) is 0. The summed E-state index contributed by atoms with van der Waals surface area (Å²) in [6.07, 6.45) is 58.0. The summed E-state index contributed by atoms with van der Waals surface area (Å²) in [6, 6.07) is 0. The van der Waals surface area contributed by atoms with Gasteiger partial charge >= 0.3 is 17.9 Å². The Labute approximate surface area is 371 Å². The Bertz CT molecular complexity index is 1060. The number of carbonyl (C=O) groups is 3. The van der Waals surface area contributed by atoms with Crippen LogP contribution in [0.25, 0.3) is 0 Å². The van der Waals surface area contributed by atoms with Crippen LogP contribution in [-0.2, 0) is 28.6 Å². The van der Waals surface area contributed by atoms with Crippen molar-refractivity contribution in [2.45, 2.75) is 264 Å². The molecule has 0 N–H and O–H groups in total. The van der Waals surface area contributed by atoms with Gasteiger partial charge in [-0.3, -0.25) is 14.4 Å². The van der Waals surface area contributed by atoms with E-state index >= 15 is 0 Å². The van der Waals surface area contributed by atoms with Crippen LogP contribution in [0.5, 0.6) is 0 Å². The van der Waals surface area contributed by atoms with Crippen LogP contribution in [-0.4, -0.2) is 37.2 Å². The highest BCUT2D eigenvalue weighted by molar-refractivity contribution is 5.71. The quantitative estimate of drug-likeness (QED) is 0.0263. The van der Waals surface area contributed by atoms with Gasteiger partial charge in [0.05, 0.1) is 0 Å². The molecule has 0 saturated heterocycles. The van der Waals surface area contributed by atoms with E-state index < -0.39 is 6.10 Å². The smallest absolute Gasteiger partial charge is 0.306 e. The molecule has 0 spiro atoms. The van der Waals surface area contributed by atoms with Gasteiger partial charge in [-0.1, -0.05) is 223 Å². The van der Waals surface area contributed by atoms with Gasteiger partial charge in [-0.15, -0.1) is 0 Å². The lowest BCUT2D eigenvalue weighted by atomic mass is 10.0. The molecule has 0 fully saturated rings. The third kappa shape index (κ3) is 46.4. The van der Waals surface area contributed by atoms with E-state index in [9.17, 15) is 14.4 Å². The number of hydrogen-bond acceptors (Lipinski definition) is 6. The number of esters is 3. The van der Waals surface area contributed by atoms with Gasteiger partial charge in [-0.05, 0) is 64.2 Å². The van der Waals surface area contributed by atoms with Gasteiger partial charge in [-0.2, -0.15) is 0 Å². The average Bonchev–Trinajstić information content (AvgIpc) is 3.24. The van der Waals surface area contributed by atoms with Crippen molar-refractivity contribution < 1.29 is 28.6 Å². The summed E-state index contributed by atoms with van der Waals surface area (Å²) in [6.45, 7) is 6.58. The molecule has 0 aromatic rings. The van der Waals surface area contributed by atoms with Crippen molar-refractivity contribution in [3.05, 3.63) is 48.6 Å². The minimum absolute atomic E-state index is 0.0801. The van der Waals surface area contributed by atoms with Gasteiger partial charge in [0.25, 0.3) is 0 Å². The van der Waals surface area contributed by atoms with Gasteiger partial charge < -0.3 is 14.2 Å². The maximum Gasteiger partial charge on any atom is 0.306 e. The van der Waals surface area contributed by atoms with Crippen LogP contribution in [0.4, 0.5) is 0 Å². The minimum Gasteiger partial charge on any atom is -0.462 e. The Hall–Kier alpha value is -2.63. The van der Waals surface area contributed by atoms with Gasteiger partial charge in [0.15, 0.2) is 6.10 Å². The van der Waals surface area contributed by atoms with E-state index in [2.05, 4.69) is 69.4 Å². The Morgan fingerprint density at radius 2 is 0.600 bits per heavy atom. The van der Waals surface area contributed by atoms with Crippen LogP contribution in [0, 0.1) is 0 Å². The molecule has 0 unspecified atom stereocenters. The molecule has 0 aromatic carbocycles. The Kier molecular flexibility index (Phi) is 46.9. The number of unbranched alkanes of at least 4 members (excludes halogenated alkanes) is 27. The molecule has 0 aromatic heterocycles. The number of carbonyl (C=O) groups excluding carboxylic acids is 3. The molecular weight excluding hydrogens is 745 g/mol. The molecule has 0 radical (unpaired) electrons. The third-order valence-electron chi connectivity index (χ3n) is 11.1. The lowest BCUT2D eigenvalue weighted by molar-refractivity contribution is -0.167. The summed E-state index contributed by atoms with van der Waals surface area (Å²) < 4.78 is 16.7. The van der Waals surface area contributed by atoms with Gasteiger partial charge in [0.1, 0.15) is 13.2 Å². The number of ether oxygens (including phenoxy) is 3. The summed E-state index contributed by atoms with van der Waals surface area (Å²) in [4.78, 5) is 37.9. The predicted octanol–water partition coefficient (Wildman–Crippen LogP) is 16.7. The van der Waals surface area contributed by atoms with Crippen LogP contribution < -0.4 is 0 Å². The third-order valence-corrected chi connectivity index (χ3v) is 11.1. The van der Waals surface area contributed by atoms with E-state index in [0.29, 0.717) is 19.3 Å². The Morgan fingerprint density at radius 1 is 0.333 bits per heavy atom. The van der Waals surface area contributed by atoms with Crippen molar-refractivity contribution in [3.63, 3.8) is 0 Å². The van der Waals surface area contributed by atoms with Crippen molar-refractivity contribution in [1.82, 2.24) is 0 Å². The maximum absolute atomic E-state index is 12.8. The standard InChI is InChI=1S/C54H96O6/c1-4-7-10-13-16-19-22-24-25-26-27-28-29-31-32-35-38-41-44-47-53(56)59-50-51(49-58-52(55)46-43-40-37-34-21-18-15-12-9-6-3)60-54(57)48-45-42-39-36-33-30-23-20-17-14-11-8-5-2/h16,19,24-25,27-28,31-32,51H,4-15,17-18,20-23,26,29-30,33-50H2,1-3H3/b19-16-,25-24-,28-27-,32-31-/t51-/m0/s1. The molecule has 6 heteroatoms. The van der Waals surface area contributed by atoms with E-state index in [4.69, 9.17) is 14.2 Å². The van der Waals surface area contributed by atoms with Crippen LogP contribution in [0.15, 0.2) is 48.6 Å². The molecule has 0 aliphatic heterocycles. The maximum atomic E-state index is 12.8. The van der Waals surface area contributed by atoms with E-state index in [1.54, 1.807) is 0 Å². The fraction of sp³-hybridized carbons (Fsp3) is 0.796. The van der Waals surface area contributed by atoms with Crippen molar-refractivity contribution in [2.75, 3.05) is 13.2 Å². The van der Waals surface area contributed by atoms with Crippen LogP contribution in [0.1, 0.15) is 258 Å². The van der Waals surface area contributed by atoms with Crippen molar-refractivity contribution >= 4 is 17.9 Å². The molecule has 0 amide bonds. The molecule has 0 aliphatic carbocycles. The van der Waals surface area contributed by atoms with E-state index in [1.807, 2.05) is 0 Å². The lowest BCUT2D eigenvalue weighted by Gasteiger charge is -2.18. The normalized spacial score (nSPS) is 12.4. The van der Waals surface area contributed by atoms with Crippen molar-refractivity contribution in [3.8, 4) is 0 Å². The monoisotopic (exact) mass is 841 g/mol. The molecule has 1 atom stereocenters. The summed E-state index contributed by atoms with van der Waals surface area (Å²) in [5, 5.41) is 0. The summed E-state index contributed by atoms with van der Waals surface area (Å²) in [5.74, 6) is -0.906. The van der Waals surface area contributed by atoms with Gasteiger partial charge in [0, 0.05) is 19.3 Å². The van der Waals surface area contributed by atoms with Crippen molar-refractivity contribution in [2.24, 2.45) is 0 Å². The molecule has 0 saturated carbocycles. The zero-order valence-electron chi connectivity index (χ0n) is 39.7. The fourth-order valence-electron chi connectivity index (χ4n) is 7.19. The summed E-state index contributed by atoms with van der Waals surface area (Å²) >= 11 is 0. The average molecular weight is 841 g/mol. The largest absolute Gasteiger partial charge is 0.462 e. The SMILES string of the molecule is CCCCC/C=C\C/C=C\C/C=C\C/C=C\CCCCCC(=O)OC[C@H](COC(=O)CCCCCCCCCCCC)OC(=O)CCCCCCCCCCCCCCC. The first-order valence-electron chi connectivity index (χ1n) is 25.6. The number of hydrogen-bond donors (Lipinski definition) is 0. The zero-order valence-corrected chi connectivity index (χ0v) is 39.7. The minimum atomic E-state index is -0.780. The molecule has 0 bridgehead atoms.